The minimum atomic E-state index is -0.532. The number of amides is 1. The summed E-state index contributed by atoms with van der Waals surface area (Å²) in [7, 11) is 0. The minimum Gasteiger partial charge on any atom is -0.361 e. The lowest BCUT2D eigenvalue weighted by atomic mass is 10.0. The van der Waals surface area contributed by atoms with Gasteiger partial charge in [-0.25, -0.2) is 0 Å². The molecule has 0 unspecified atom stereocenters. The van der Waals surface area contributed by atoms with Crippen LogP contribution in [0.25, 0.3) is 10.9 Å². The van der Waals surface area contributed by atoms with E-state index in [0.717, 1.165) is 16.5 Å². The van der Waals surface area contributed by atoms with Crippen molar-refractivity contribution in [2.75, 3.05) is 6.54 Å². The maximum atomic E-state index is 11.6. The second kappa shape index (κ2) is 5.67. The summed E-state index contributed by atoms with van der Waals surface area (Å²) in [5.74, 6) is -0.396. The molecule has 4 N–H and O–H groups in total. The number of Topliss-reactive ketones (excluding diaryl/α,β-unsaturated/α-hetero) is 1. The zero-order valence-electron chi connectivity index (χ0n) is 10.8. The van der Waals surface area contributed by atoms with Crippen LogP contribution in [0.4, 0.5) is 0 Å². The standard InChI is InChI=1S/C14H17N3O2/c1-9(18)13(17-14(19)7-15)6-10-8-16-12-5-3-2-4-11(10)12/h2-5,8,13,16H,6-7,15H2,1H3,(H,17,19)/t13-/m0/s1. The van der Waals surface area contributed by atoms with E-state index in [2.05, 4.69) is 10.3 Å². The first-order chi connectivity index (χ1) is 9.11. The fourth-order valence-electron chi connectivity index (χ4n) is 2.07. The van der Waals surface area contributed by atoms with Gasteiger partial charge >= 0.3 is 0 Å². The summed E-state index contributed by atoms with van der Waals surface area (Å²) in [6.45, 7) is 1.36. The molecule has 19 heavy (non-hydrogen) atoms. The lowest BCUT2D eigenvalue weighted by Crippen LogP contribution is -2.43. The number of ketones is 1. The predicted octanol–water partition coefficient (Wildman–Crippen LogP) is 0.743. The summed E-state index contributed by atoms with van der Waals surface area (Å²) in [6, 6.07) is 7.32. The lowest BCUT2D eigenvalue weighted by Gasteiger charge is -2.14. The third kappa shape index (κ3) is 3.00. The number of rotatable bonds is 5. The Bertz CT molecular complexity index is 604. The first-order valence-electron chi connectivity index (χ1n) is 6.16. The molecule has 1 aromatic carbocycles. The van der Waals surface area contributed by atoms with Crippen molar-refractivity contribution in [1.29, 1.82) is 0 Å². The van der Waals surface area contributed by atoms with Gasteiger partial charge in [-0.15, -0.1) is 0 Å². The molecule has 0 saturated heterocycles. The monoisotopic (exact) mass is 259 g/mol. The van der Waals surface area contributed by atoms with Gasteiger partial charge in [0.15, 0.2) is 5.78 Å². The summed E-state index contributed by atoms with van der Waals surface area (Å²) >= 11 is 0. The Balaban J connectivity index is 2.21. The van der Waals surface area contributed by atoms with Gasteiger partial charge in [0, 0.05) is 23.5 Å². The van der Waals surface area contributed by atoms with E-state index in [-0.39, 0.29) is 18.2 Å². The second-order valence-electron chi connectivity index (χ2n) is 4.50. The lowest BCUT2D eigenvalue weighted by molar-refractivity contribution is -0.126. The predicted molar refractivity (Wildman–Crippen MR) is 73.7 cm³/mol. The van der Waals surface area contributed by atoms with E-state index in [1.165, 1.54) is 6.92 Å². The average molecular weight is 259 g/mol. The average Bonchev–Trinajstić information content (AvgIpc) is 2.81. The van der Waals surface area contributed by atoms with Gasteiger partial charge in [-0.3, -0.25) is 9.59 Å². The molecule has 1 atom stereocenters. The fraction of sp³-hybridized carbons (Fsp3) is 0.286. The van der Waals surface area contributed by atoms with Crippen molar-refractivity contribution in [3.05, 3.63) is 36.0 Å². The molecule has 1 heterocycles. The minimum absolute atomic E-state index is 0.0768. The summed E-state index contributed by atoms with van der Waals surface area (Å²) in [5, 5.41) is 3.71. The zero-order chi connectivity index (χ0) is 13.8. The van der Waals surface area contributed by atoms with E-state index in [9.17, 15) is 9.59 Å². The fourth-order valence-corrected chi connectivity index (χ4v) is 2.07. The van der Waals surface area contributed by atoms with Crippen molar-refractivity contribution in [3.63, 3.8) is 0 Å². The van der Waals surface area contributed by atoms with E-state index in [4.69, 9.17) is 5.73 Å². The van der Waals surface area contributed by atoms with Gasteiger partial charge in [-0.1, -0.05) is 18.2 Å². The highest BCUT2D eigenvalue weighted by Gasteiger charge is 2.18. The Morgan fingerprint density at radius 2 is 2.11 bits per heavy atom. The number of para-hydroxylation sites is 1. The molecule has 0 aliphatic carbocycles. The molecular weight excluding hydrogens is 242 g/mol. The van der Waals surface area contributed by atoms with Crippen LogP contribution >= 0.6 is 0 Å². The summed E-state index contributed by atoms with van der Waals surface area (Å²) in [5.41, 5.74) is 7.28. The summed E-state index contributed by atoms with van der Waals surface area (Å²) < 4.78 is 0. The number of aromatic amines is 1. The Labute approximate surface area is 111 Å². The number of nitrogens with two attached hydrogens (primary N) is 1. The third-order valence-corrected chi connectivity index (χ3v) is 3.11. The Morgan fingerprint density at radius 3 is 2.79 bits per heavy atom. The molecule has 0 bridgehead atoms. The van der Waals surface area contributed by atoms with Crippen LogP contribution in [0.15, 0.2) is 30.5 Å². The topological polar surface area (TPSA) is 88.0 Å². The molecule has 0 fully saturated rings. The highest BCUT2D eigenvalue weighted by molar-refractivity contribution is 5.89. The molecule has 0 saturated carbocycles. The van der Waals surface area contributed by atoms with Crippen LogP contribution in [-0.4, -0.2) is 29.3 Å². The molecule has 2 aromatic rings. The van der Waals surface area contributed by atoms with Crippen LogP contribution in [0.5, 0.6) is 0 Å². The van der Waals surface area contributed by atoms with Gasteiger partial charge in [0.25, 0.3) is 0 Å². The number of nitrogens with one attached hydrogen (secondary N) is 2. The Hall–Kier alpha value is -2.14. The van der Waals surface area contributed by atoms with Crippen LogP contribution in [0.2, 0.25) is 0 Å². The first kappa shape index (κ1) is 13.3. The molecule has 0 aliphatic rings. The van der Waals surface area contributed by atoms with Crippen LogP contribution in [0.1, 0.15) is 12.5 Å². The van der Waals surface area contributed by atoms with Crippen LogP contribution < -0.4 is 11.1 Å². The van der Waals surface area contributed by atoms with Crippen molar-refractivity contribution in [3.8, 4) is 0 Å². The zero-order valence-corrected chi connectivity index (χ0v) is 10.8. The molecule has 0 radical (unpaired) electrons. The number of carbonyl (C=O) groups excluding carboxylic acids is 2. The van der Waals surface area contributed by atoms with Gasteiger partial charge in [-0.2, -0.15) is 0 Å². The molecular formula is C14H17N3O2. The molecule has 2 rings (SSSR count). The van der Waals surface area contributed by atoms with Gasteiger partial charge in [-0.05, 0) is 18.6 Å². The maximum absolute atomic E-state index is 11.6. The summed E-state index contributed by atoms with van der Waals surface area (Å²) in [4.78, 5) is 26.1. The Morgan fingerprint density at radius 1 is 1.37 bits per heavy atom. The molecule has 5 nitrogen and oxygen atoms in total. The molecule has 0 spiro atoms. The van der Waals surface area contributed by atoms with Crippen molar-refractivity contribution in [2.24, 2.45) is 5.73 Å². The first-order valence-corrected chi connectivity index (χ1v) is 6.16. The van der Waals surface area contributed by atoms with Crippen LogP contribution in [0.3, 0.4) is 0 Å². The van der Waals surface area contributed by atoms with Gasteiger partial charge in [0.2, 0.25) is 5.91 Å². The van der Waals surface area contributed by atoms with E-state index in [1.54, 1.807) is 0 Å². The number of carbonyl (C=O) groups is 2. The number of hydrogen-bond acceptors (Lipinski definition) is 3. The van der Waals surface area contributed by atoms with E-state index < -0.39 is 6.04 Å². The van der Waals surface area contributed by atoms with E-state index in [1.807, 2.05) is 30.5 Å². The van der Waals surface area contributed by atoms with Crippen molar-refractivity contribution < 1.29 is 9.59 Å². The number of aromatic nitrogens is 1. The van der Waals surface area contributed by atoms with Crippen molar-refractivity contribution in [1.82, 2.24) is 10.3 Å². The van der Waals surface area contributed by atoms with E-state index >= 15 is 0 Å². The van der Waals surface area contributed by atoms with Gasteiger partial charge in [0.1, 0.15) is 0 Å². The molecule has 0 aliphatic heterocycles. The van der Waals surface area contributed by atoms with Crippen molar-refractivity contribution in [2.45, 2.75) is 19.4 Å². The van der Waals surface area contributed by atoms with Gasteiger partial charge < -0.3 is 16.0 Å². The number of hydrogen-bond donors (Lipinski definition) is 3. The highest BCUT2D eigenvalue weighted by Crippen LogP contribution is 2.19. The highest BCUT2D eigenvalue weighted by atomic mass is 16.2. The van der Waals surface area contributed by atoms with Crippen molar-refractivity contribution >= 4 is 22.6 Å². The SMILES string of the molecule is CC(=O)[C@H](Cc1c[nH]c2ccccc12)NC(=O)CN. The number of benzene rings is 1. The number of fused-ring (bicyclic) bond motifs is 1. The Kier molecular flexibility index (Phi) is 3.97. The molecule has 5 heteroatoms. The van der Waals surface area contributed by atoms with Crippen LogP contribution in [0, 0.1) is 0 Å². The largest absolute Gasteiger partial charge is 0.361 e. The second-order valence-corrected chi connectivity index (χ2v) is 4.50. The quantitative estimate of drug-likeness (QED) is 0.740. The summed E-state index contributed by atoms with van der Waals surface area (Å²) in [6.07, 6.45) is 2.33. The smallest absolute Gasteiger partial charge is 0.234 e. The third-order valence-electron chi connectivity index (χ3n) is 3.11. The van der Waals surface area contributed by atoms with E-state index in [0.29, 0.717) is 6.42 Å². The molecule has 100 valence electrons. The van der Waals surface area contributed by atoms with Crippen LogP contribution in [-0.2, 0) is 16.0 Å². The molecule has 1 amide bonds. The molecule has 1 aromatic heterocycles. The maximum Gasteiger partial charge on any atom is 0.234 e. The van der Waals surface area contributed by atoms with Gasteiger partial charge in [0.05, 0.1) is 12.6 Å². The normalized spacial score (nSPS) is 12.3. The number of H-pyrrole nitrogens is 1.